The van der Waals surface area contributed by atoms with Crippen LogP contribution < -0.4 is 20.1 Å². The number of rotatable bonds is 9. The molecule has 0 aliphatic rings. The van der Waals surface area contributed by atoms with Gasteiger partial charge in [-0.3, -0.25) is 14.4 Å². The van der Waals surface area contributed by atoms with Crippen LogP contribution in [0.2, 0.25) is 0 Å². The van der Waals surface area contributed by atoms with Crippen LogP contribution in [0.3, 0.4) is 0 Å². The van der Waals surface area contributed by atoms with Crippen LogP contribution >= 0.6 is 0 Å². The van der Waals surface area contributed by atoms with E-state index in [0.717, 1.165) is 28.4 Å². The van der Waals surface area contributed by atoms with Crippen molar-refractivity contribution in [3.63, 3.8) is 0 Å². The first-order valence-corrected chi connectivity index (χ1v) is 11.4. The number of amides is 2. The number of methoxy groups -OCH3 is 2. The average Bonchev–Trinajstić information content (AvgIpc) is 3.23. The van der Waals surface area contributed by atoms with Gasteiger partial charge in [0.15, 0.2) is 6.61 Å². The van der Waals surface area contributed by atoms with Crippen molar-refractivity contribution in [3.8, 4) is 11.5 Å². The number of benzene rings is 3. The molecule has 0 fully saturated rings. The molecule has 0 radical (unpaired) electrons. The fourth-order valence-electron chi connectivity index (χ4n) is 4.06. The van der Waals surface area contributed by atoms with Gasteiger partial charge >= 0.3 is 5.97 Å². The van der Waals surface area contributed by atoms with Crippen LogP contribution in [0.1, 0.15) is 17.3 Å². The van der Waals surface area contributed by atoms with Crippen molar-refractivity contribution in [3.05, 3.63) is 66.2 Å². The standard InChI is InChI=1S/C27H27N3O6/c1-4-30-23-8-6-5-7-21(23)22-13-18(9-10-24(22)30)29-25(31)16-36-26(32)15-28-27(33)17-11-19(34-2)14-20(12-17)35-3/h5-14H,4,15-16H2,1-3H3,(H,28,33)(H,29,31). The van der Waals surface area contributed by atoms with Crippen molar-refractivity contribution < 1.29 is 28.6 Å². The van der Waals surface area contributed by atoms with Crippen LogP contribution in [0.25, 0.3) is 21.8 Å². The second-order valence-electron chi connectivity index (χ2n) is 7.99. The Kier molecular flexibility index (Phi) is 7.39. The lowest BCUT2D eigenvalue weighted by molar-refractivity contribution is -0.146. The van der Waals surface area contributed by atoms with Gasteiger partial charge in [-0.05, 0) is 43.3 Å². The quantitative estimate of drug-likeness (QED) is 0.347. The van der Waals surface area contributed by atoms with E-state index >= 15 is 0 Å². The lowest BCUT2D eigenvalue weighted by Crippen LogP contribution is -2.32. The second kappa shape index (κ2) is 10.8. The minimum atomic E-state index is -0.741. The summed E-state index contributed by atoms with van der Waals surface area (Å²) in [6, 6.07) is 18.5. The number of aromatic nitrogens is 1. The highest BCUT2D eigenvalue weighted by Crippen LogP contribution is 2.31. The third-order valence-corrected chi connectivity index (χ3v) is 5.74. The van der Waals surface area contributed by atoms with Gasteiger partial charge in [0.25, 0.3) is 11.8 Å². The summed E-state index contributed by atoms with van der Waals surface area (Å²) in [4.78, 5) is 36.8. The molecule has 0 unspecified atom stereocenters. The molecule has 4 aromatic rings. The van der Waals surface area contributed by atoms with Crippen LogP contribution in [0.15, 0.2) is 60.7 Å². The number of hydrogen-bond donors (Lipinski definition) is 2. The normalized spacial score (nSPS) is 10.8. The summed E-state index contributed by atoms with van der Waals surface area (Å²) in [6.45, 7) is 2.05. The highest BCUT2D eigenvalue weighted by Gasteiger charge is 2.14. The Morgan fingerprint density at radius 2 is 1.56 bits per heavy atom. The number of carbonyl (C=O) groups is 3. The molecule has 36 heavy (non-hydrogen) atoms. The summed E-state index contributed by atoms with van der Waals surface area (Å²) in [6.07, 6.45) is 0. The van der Waals surface area contributed by atoms with E-state index in [1.165, 1.54) is 26.4 Å². The first-order valence-electron chi connectivity index (χ1n) is 11.4. The molecule has 9 nitrogen and oxygen atoms in total. The van der Waals surface area contributed by atoms with E-state index in [9.17, 15) is 14.4 Å². The number of carbonyl (C=O) groups excluding carboxylic acids is 3. The fourth-order valence-corrected chi connectivity index (χ4v) is 4.06. The first-order chi connectivity index (χ1) is 17.4. The Morgan fingerprint density at radius 1 is 0.861 bits per heavy atom. The maximum Gasteiger partial charge on any atom is 0.325 e. The molecule has 2 N–H and O–H groups in total. The third-order valence-electron chi connectivity index (χ3n) is 5.74. The van der Waals surface area contributed by atoms with Crippen molar-refractivity contribution in [2.75, 3.05) is 32.7 Å². The highest BCUT2D eigenvalue weighted by molar-refractivity contribution is 6.10. The summed E-state index contributed by atoms with van der Waals surface area (Å²) in [5, 5.41) is 7.34. The third kappa shape index (κ3) is 5.25. The molecule has 0 bridgehead atoms. The van der Waals surface area contributed by atoms with Crippen LogP contribution in [0.5, 0.6) is 11.5 Å². The van der Waals surface area contributed by atoms with Gasteiger partial charge in [-0.2, -0.15) is 0 Å². The second-order valence-corrected chi connectivity index (χ2v) is 7.99. The van der Waals surface area contributed by atoms with Crippen LogP contribution in [-0.4, -0.2) is 49.7 Å². The number of anilines is 1. The molecule has 0 spiro atoms. The average molecular weight is 490 g/mol. The molecule has 0 aliphatic carbocycles. The summed E-state index contributed by atoms with van der Waals surface area (Å²) < 4.78 is 17.5. The predicted octanol–water partition coefficient (Wildman–Crippen LogP) is 3.74. The van der Waals surface area contributed by atoms with Crippen molar-refractivity contribution in [2.45, 2.75) is 13.5 Å². The summed E-state index contributed by atoms with van der Waals surface area (Å²) in [7, 11) is 2.95. The lowest BCUT2D eigenvalue weighted by atomic mass is 10.1. The molecule has 186 valence electrons. The monoisotopic (exact) mass is 489 g/mol. The molecule has 0 saturated heterocycles. The van der Waals surface area contributed by atoms with E-state index < -0.39 is 30.9 Å². The molecule has 0 aliphatic heterocycles. The predicted molar refractivity (Wildman–Crippen MR) is 137 cm³/mol. The number of para-hydroxylation sites is 1. The Hall–Kier alpha value is -4.53. The molecule has 0 saturated carbocycles. The van der Waals surface area contributed by atoms with Crippen molar-refractivity contribution in [1.29, 1.82) is 0 Å². The van der Waals surface area contributed by atoms with E-state index in [-0.39, 0.29) is 5.56 Å². The highest BCUT2D eigenvalue weighted by atomic mass is 16.5. The minimum absolute atomic E-state index is 0.261. The van der Waals surface area contributed by atoms with Gasteiger partial charge in [0.1, 0.15) is 18.0 Å². The van der Waals surface area contributed by atoms with Crippen molar-refractivity contribution in [1.82, 2.24) is 9.88 Å². The van der Waals surface area contributed by atoms with Crippen LogP contribution in [0, 0.1) is 0 Å². The molecular formula is C27H27N3O6. The molecule has 9 heteroatoms. The van der Waals surface area contributed by atoms with Gasteiger partial charge in [0, 0.05) is 45.7 Å². The Bertz CT molecular complexity index is 1420. The number of ether oxygens (including phenoxy) is 3. The van der Waals surface area contributed by atoms with Crippen molar-refractivity contribution >= 4 is 45.3 Å². The van der Waals surface area contributed by atoms with Crippen molar-refractivity contribution in [2.24, 2.45) is 0 Å². The SMILES string of the molecule is CCn1c2ccccc2c2cc(NC(=O)COC(=O)CNC(=O)c3cc(OC)cc(OC)c3)ccc21. The zero-order chi connectivity index (χ0) is 25.7. The largest absolute Gasteiger partial charge is 0.497 e. The smallest absolute Gasteiger partial charge is 0.325 e. The Balaban J connectivity index is 1.32. The van der Waals surface area contributed by atoms with E-state index in [1.54, 1.807) is 6.07 Å². The molecule has 4 rings (SSSR count). The van der Waals surface area contributed by atoms with E-state index in [2.05, 4.69) is 28.2 Å². The number of hydrogen-bond acceptors (Lipinski definition) is 6. The molecule has 0 atom stereocenters. The van der Waals surface area contributed by atoms with Gasteiger partial charge in [0.05, 0.1) is 14.2 Å². The summed E-state index contributed by atoms with van der Waals surface area (Å²) >= 11 is 0. The lowest BCUT2D eigenvalue weighted by Gasteiger charge is -2.10. The van der Waals surface area contributed by atoms with Gasteiger partial charge in [-0.15, -0.1) is 0 Å². The van der Waals surface area contributed by atoms with E-state index in [0.29, 0.717) is 17.2 Å². The van der Waals surface area contributed by atoms with Gasteiger partial charge in [-0.1, -0.05) is 18.2 Å². The fraction of sp³-hybridized carbons (Fsp3) is 0.222. The van der Waals surface area contributed by atoms with Gasteiger partial charge < -0.3 is 29.4 Å². The number of nitrogens with zero attached hydrogens (tertiary/aromatic N) is 1. The number of aryl methyl sites for hydroxylation is 1. The number of fused-ring (bicyclic) bond motifs is 3. The zero-order valence-corrected chi connectivity index (χ0v) is 20.3. The molecule has 1 heterocycles. The van der Waals surface area contributed by atoms with Crippen LogP contribution in [0.4, 0.5) is 5.69 Å². The van der Waals surface area contributed by atoms with E-state index in [1.807, 2.05) is 36.4 Å². The molecule has 2 amide bonds. The summed E-state index contributed by atoms with van der Waals surface area (Å²) in [5.74, 6) is -0.846. The molecule has 1 aromatic heterocycles. The minimum Gasteiger partial charge on any atom is -0.497 e. The summed E-state index contributed by atoms with van der Waals surface area (Å²) in [5.41, 5.74) is 3.06. The number of esters is 1. The zero-order valence-electron chi connectivity index (χ0n) is 20.3. The van der Waals surface area contributed by atoms with Crippen LogP contribution in [-0.2, 0) is 20.9 Å². The van der Waals surface area contributed by atoms with Gasteiger partial charge in [-0.25, -0.2) is 0 Å². The van der Waals surface area contributed by atoms with Gasteiger partial charge in [0.2, 0.25) is 0 Å². The number of nitrogens with one attached hydrogen (secondary N) is 2. The topological polar surface area (TPSA) is 108 Å². The van der Waals surface area contributed by atoms with E-state index in [4.69, 9.17) is 14.2 Å². The molecular weight excluding hydrogens is 462 g/mol. The first kappa shape index (κ1) is 24.6. The maximum absolute atomic E-state index is 12.4. The Morgan fingerprint density at radius 3 is 2.25 bits per heavy atom. The molecule has 3 aromatic carbocycles. The Labute approximate surface area is 207 Å². The maximum atomic E-state index is 12.4.